The zero-order valence-electron chi connectivity index (χ0n) is 14.1. The maximum atomic E-state index is 12.1. The number of ether oxygens (including phenoxy) is 3. The van der Waals surface area contributed by atoms with E-state index in [0.717, 1.165) is 6.42 Å². The van der Waals surface area contributed by atoms with Crippen molar-refractivity contribution in [1.29, 1.82) is 0 Å². The first-order chi connectivity index (χ1) is 11.1. The summed E-state index contributed by atoms with van der Waals surface area (Å²) in [6, 6.07) is 5.39. The first kappa shape index (κ1) is 17.4. The van der Waals surface area contributed by atoms with Gasteiger partial charge in [0.2, 0.25) is 0 Å². The minimum Gasteiger partial charge on any atom is -0.493 e. The highest BCUT2D eigenvalue weighted by Gasteiger charge is 2.24. The van der Waals surface area contributed by atoms with Crippen LogP contribution in [0.2, 0.25) is 0 Å². The fourth-order valence-electron chi connectivity index (χ4n) is 2.80. The Bertz CT molecular complexity index is 521. The molecule has 0 aliphatic heterocycles. The van der Waals surface area contributed by atoms with Crippen molar-refractivity contribution in [1.82, 2.24) is 5.32 Å². The van der Waals surface area contributed by atoms with Crippen LogP contribution in [0.5, 0.6) is 11.5 Å². The van der Waals surface area contributed by atoms with Gasteiger partial charge in [0.25, 0.3) is 0 Å². The van der Waals surface area contributed by atoms with E-state index >= 15 is 0 Å². The zero-order valence-corrected chi connectivity index (χ0v) is 14.1. The molecule has 23 heavy (non-hydrogen) atoms. The van der Waals surface area contributed by atoms with Gasteiger partial charge in [-0.15, -0.1) is 0 Å². The summed E-state index contributed by atoms with van der Waals surface area (Å²) in [4.78, 5) is 12.1. The molecule has 0 bridgehead atoms. The highest BCUT2D eigenvalue weighted by Crippen LogP contribution is 2.30. The second kappa shape index (κ2) is 8.62. The molecule has 6 nitrogen and oxygen atoms in total. The maximum Gasteiger partial charge on any atom is 0.319 e. The summed E-state index contributed by atoms with van der Waals surface area (Å²) in [6.45, 7) is 3.08. The van der Waals surface area contributed by atoms with E-state index in [2.05, 4.69) is 17.6 Å². The Kier molecular flexibility index (Phi) is 6.52. The van der Waals surface area contributed by atoms with Crippen LogP contribution in [0.3, 0.4) is 0 Å². The fourth-order valence-corrected chi connectivity index (χ4v) is 2.80. The van der Waals surface area contributed by atoms with E-state index in [-0.39, 0.29) is 12.1 Å². The Morgan fingerprint density at radius 3 is 2.70 bits per heavy atom. The molecule has 128 valence electrons. The molecule has 0 unspecified atom stereocenters. The van der Waals surface area contributed by atoms with Crippen LogP contribution < -0.4 is 20.1 Å². The van der Waals surface area contributed by atoms with Crippen molar-refractivity contribution in [2.24, 2.45) is 5.92 Å². The maximum absolute atomic E-state index is 12.1. The second-order valence-electron chi connectivity index (χ2n) is 5.82. The number of carbonyl (C=O) groups excluding carboxylic acids is 1. The summed E-state index contributed by atoms with van der Waals surface area (Å²) in [7, 11) is 3.20. The summed E-state index contributed by atoms with van der Waals surface area (Å²) >= 11 is 0. The number of benzene rings is 1. The number of anilines is 1. The van der Waals surface area contributed by atoms with Crippen LogP contribution in [0.1, 0.15) is 26.2 Å². The van der Waals surface area contributed by atoms with Gasteiger partial charge in [-0.3, -0.25) is 0 Å². The van der Waals surface area contributed by atoms with E-state index in [4.69, 9.17) is 14.2 Å². The Morgan fingerprint density at radius 2 is 2.04 bits per heavy atom. The van der Waals surface area contributed by atoms with Crippen LogP contribution in [0.4, 0.5) is 10.5 Å². The largest absolute Gasteiger partial charge is 0.493 e. The number of hydrogen-bond donors (Lipinski definition) is 2. The number of carbonyl (C=O) groups is 1. The van der Waals surface area contributed by atoms with E-state index < -0.39 is 0 Å². The third-order valence-electron chi connectivity index (χ3n) is 4.14. The number of rotatable bonds is 7. The van der Waals surface area contributed by atoms with Crippen molar-refractivity contribution >= 4 is 11.7 Å². The fraction of sp³-hybridized carbons (Fsp3) is 0.588. The number of hydrogen-bond acceptors (Lipinski definition) is 4. The minimum atomic E-state index is -0.184. The first-order valence-corrected chi connectivity index (χ1v) is 8.01. The summed E-state index contributed by atoms with van der Waals surface area (Å²) in [6.07, 6.45) is 3.39. The van der Waals surface area contributed by atoms with Gasteiger partial charge in [-0.05, 0) is 30.9 Å². The number of methoxy groups -OCH3 is 2. The van der Waals surface area contributed by atoms with Gasteiger partial charge in [0.15, 0.2) is 11.5 Å². The van der Waals surface area contributed by atoms with Crippen LogP contribution in [-0.4, -0.2) is 39.5 Å². The molecule has 0 radical (unpaired) electrons. The predicted molar refractivity (Wildman–Crippen MR) is 89.3 cm³/mol. The third kappa shape index (κ3) is 5.03. The van der Waals surface area contributed by atoms with Crippen LogP contribution >= 0.6 is 0 Å². The molecule has 6 heteroatoms. The monoisotopic (exact) mass is 322 g/mol. The smallest absolute Gasteiger partial charge is 0.319 e. The predicted octanol–water partition coefficient (Wildman–Crippen LogP) is 3.03. The lowest BCUT2D eigenvalue weighted by atomic mass is 10.1. The van der Waals surface area contributed by atoms with Gasteiger partial charge in [-0.25, -0.2) is 4.79 Å². The van der Waals surface area contributed by atoms with Gasteiger partial charge in [-0.2, -0.15) is 0 Å². The zero-order chi connectivity index (χ0) is 16.7. The Morgan fingerprint density at radius 1 is 1.22 bits per heavy atom. The molecule has 1 fully saturated rings. The topological polar surface area (TPSA) is 68.8 Å². The van der Waals surface area contributed by atoms with E-state index in [1.165, 1.54) is 12.8 Å². The van der Waals surface area contributed by atoms with Crippen molar-refractivity contribution in [3.8, 4) is 11.5 Å². The quantitative estimate of drug-likeness (QED) is 0.757. The standard InChI is InChI=1S/C17H26N2O4/c1-12-5-4-6-14(12)19-17(20)18-13-7-8-15(22-3)16(11-13)23-10-9-21-2/h7-8,11-12,14H,4-6,9-10H2,1-3H3,(H2,18,19,20)/t12-,14+/m1/s1. The van der Waals surface area contributed by atoms with Crippen LogP contribution in [0.15, 0.2) is 18.2 Å². The third-order valence-corrected chi connectivity index (χ3v) is 4.14. The average molecular weight is 322 g/mol. The highest BCUT2D eigenvalue weighted by molar-refractivity contribution is 5.89. The normalized spacial score (nSPS) is 20.1. The molecule has 0 saturated heterocycles. The Hall–Kier alpha value is -1.95. The summed E-state index contributed by atoms with van der Waals surface area (Å²) in [5.74, 6) is 1.73. The second-order valence-corrected chi connectivity index (χ2v) is 5.82. The number of urea groups is 1. The summed E-state index contributed by atoms with van der Waals surface area (Å²) in [5.41, 5.74) is 0.668. The lowest BCUT2D eigenvalue weighted by Gasteiger charge is -2.18. The van der Waals surface area contributed by atoms with E-state index in [9.17, 15) is 4.79 Å². The highest BCUT2D eigenvalue weighted by atomic mass is 16.5. The van der Waals surface area contributed by atoms with Crippen molar-refractivity contribution in [2.45, 2.75) is 32.2 Å². The van der Waals surface area contributed by atoms with E-state index in [1.807, 2.05) is 0 Å². The summed E-state index contributed by atoms with van der Waals surface area (Å²) in [5, 5.41) is 5.89. The van der Waals surface area contributed by atoms with Gasteiger partial charge in [0.1, 0.15) is 6.61 Å². The minimum absolute atomic E-state index is 0.184. The Labute approximate surface area is 137 Å². The van der Waals surface area contributed by atoms with Crippen LogP contribution in [0, 0.1) is 5.92 Å². The molecule has 1 aromatic rings. The SMILES string of the molecule is COCCOc1cc(NC(=O)N[C@H]2CCC[C@H]2C)ccc1OC. The molecule has 1 aromatic carbocycles. The molecule has 2 atom stereocenters. The molecule has 0 heterocycles. The van der Waals surface area contributed by atoms with Crippen molar-refractivity contribution < 1.29 is 19.0 Å². The van der Waals surface area contributed by atoms with Crippen LogP contribution in [-0.2, 0) is 4.74 Å². The molecule has 0 aromatic heterocycles. The van der Waals surface area contributed by atoms with Crippen LogP contribution in [0.25, 0.3) is 0 Å². The van der Waals surface area contributed by atoms with Gasteiger partial charge >= 0.3 is 6.03 Å². The average Bonchev–Trinajstić information content (AvgIpc) is 2.93. The summed E-state index contributed by atoms with van der Waals surface area (Å²) < 4.78 is 15.9. The van der Waals surface area contributed by atoms with E-state index in [1.54, 1.807) is 32.4 Å². The van der Waals surface area contributed by atoms with Gasteiger partial charge in [0.05, 0.1) is 13.7 Å². The lowest BCUT2D eigenvalue weighted by molar-refractivity contribution is 0.144. The van der Waals surface area contributed by atoms with Gasteiger partial charge in [0, 0.05) is 24.9 Å². The number of amides is 2. The van der Waals surface area contributed by atoms with Gasteiger partial charge in [-0.1, -0.05) is 13.3 Å². The van der Waals surface area contributed by atoms with Gasteiger partial charge < -0.3 is 24.8 Å². The molecule has 2 rings (SSSR count). The van der Waals surface area contributed by atoms with Crippen molar-refractivity contribution in [2.75, 3.05) is 32.8 Å². The Balaban J connectivity index is 1.95. The molecular weight excluding hydrogens is 296 g/mol. The molecular formula is C17H26N2O4. The molecule has 2 amide bonds. The van der Waals surface area contributed by atoms with Crippen molar-refractivity contribution in [3.63, 3.8) is 0 Å². The van der Waals surface area contributed by atoms with Crippen molar-refractivity contribution in [3.05, 3.63) is 18.2 Å². The molecule has 1 aliphatic carbocycles. The first-order valence-electron chi connectivity index (χ1n) is 8.01. The lowest BCUT2D eigenvalue weighted by Crippen LogP contribution is -2.39. The number of nitrogens with one attached hydrogen (secondary N) is 2. The molecule has 2 N–H and O–H groups in total. The molecule has 0 spiro atoms. The molecule has 1 saturated carbocycles. The van der Waals surface area contributed by atoms with E-state index in [0.29, 0.717) is 36.3 Å². The molecule has 1 aliphatic rings.